The van der Waals surface area contributed by atoms with Crippen LogP contribution in [0.15, 0.2) is 72.8 Å². The van der Waals surface area contributed by atoms with E-state index in [0.717, 1.165) is 28.6 Å². The highest BCUT2D eigenvalue weighted by Crippen LogP contribution is 2.31. The molecule has 0 fully saturated rings. The number of hydrogen-bond donors (Lipinski definition) is 1. The number of methoxy groups -OCH3 is 2. The highest BCUT2D eigenvalue weighted by atomic mass is 16.5. The van der Waals surface area contributed by atoms with E-state index in [1.807, 2.05) is 42.5 Å². The molecule has 0 unspecified atom stereocenters. The summed E-state index contributed by atoms with van der Waals surface area (Å²) in [6.07, 6.45) is 0.975. The maximum absolute atomic E-state index is 13.3. The molecule has 1 aromatic heterocycles. The molecule has 0 bridgehead atoms. The second kappa shape index (κ2) is 8.88. The fourth-order valence-electron chi connectivity index (χ4n) is 3.51. The molecule has 0 aliphatic heterocycles. The van der Waals surface area contributed by atoms with Crippen LogP contribution in [0.25, 0.3) is 22.2 Å². The number of aryl methyl sites for hydroxylation is 1. The van der Waals surface area contributed by atoms with Crippen LogP contribution in [0.2, 0.25) is 0 Å². The van der Waals surface area contributed by atoms with Crippen molar-refractivity contribution >= 4 is 22.5 Å². The van der Waals surface area contributed by atoms with E-state index >= 15 is 0 Å². The minimum absolute atomic E-state index is 0.228. The van der Waals surface area contributed by atoms with Crippen molar-refractivity contribution in [1.29, 1.82) is 0 Å². The Morgan fingerprint density at radius 1 is 0.935 bits per heavy atom. The molecule has 4 rings (SSSR count). The number of hydrogen-bond acceptors (Lipinski definition) is 4. The molecule has 5 heteroatoms. The van der Waals surface area contributed by atoms with Gasteiger partial charge in [0.1, 0.15) is 11.5 Å². The lowest BCUT2D eigenvalue weighted by atomic mass is 10.0. The SMILES string of the molecule is CCc1ccc(-c2cc(C(=O)Nc3ccc(OC)cc3OC)c3ccccc3n2)cc1. The zero-order valence-electron chi connectivity index (χ0n) is 17.8. The number of carbonyl (C=O) groups excluding carboxylic acids is 1. The van der Waals surface area contributed by atoms with E-state index < -0.39 is 0 Å². The van der Waals surface area contributed by atoms with Crippen molar-refractivity contribution in [3.63, 3.8) is 0 Å². The number of pyridine rings is 1. The molecule has 0 aliphatic carbocycles. The van der Waals surface area contributed by atoms with Crippen LogP contribution >= 0.6 is 0 Å². The summed E-state index contributed by atoms with van der Waals surface area (Å²) >= 11 is 0. The van der Waals surface area contributed by atoms with Gasteiger partial charge in [-0.1, -0.05) is 49.4 Å². The number of amides is 1. The Labute approximate surface area is 181 Å². The predicted molar refractivity (Wildman–Crippen MR) is 124 cm³/mol. The lowest BCUT2D eigenvalue weighted by Gasteiger charge is -2.14. The second-order valence-corrected chi connectivity index (χ2v) is 7.14. The average Bonchev–Trinajstić information content (AvgIpc) is 2.83. The maximum Gasteiger partial charge on any atom is 0.256 e. The molecular formula is C26H24N2O3. The van der Waals surface area contributed by atoms with Crippen LogP contribution in [0, 0.1) is 0 Å². The summed E-state index contributed by atoms with van der Waals surface area (Å²) in [5, 5.41) is 3.76. The van der Waals surface area contributed by atoms with E-state index in [1.165, 1.54) is 5.56 Å². The molecular weight excluding hydrogens is 388 g/mol. The summed E-state index contributed by atoms with van der Waals surface area (Å²) in [5.74, 6) is 0.956. The monoisotopic (exact) mass is 412 g/mol. The molecule has 31 heavy (non-hydrogen) atoms. The molecule has 1 heterocycles. The standard InChI is InChI=1S/C26H24N2O3/c1-4-17-9-11-18(12-10-17)24-16-21(20-7-5-6-8-22(20)27-24)26(29)28-23-14-13-19(30-2)15-25(23)31-3/h5-16H,4H2,1-3H3,(H,28,29). The van der Waals surface area contributed by atoms with Gasteiger partial charge in [-0.15, -0.1) is 0 Å². The van der Waals surface area contributed by atoms with Crippen molar-refractivity contribution in [2.75, 3.05) is 19.5 Å². The van der Waals surface area contributed by atoms with E-state index in [0.29, 0.717) is 22.7 Å². The van der Waals surface area contributed by atoms with Gasteiger partial charge in [-0.05, 0) is 36.2 Å². The molecule has 5 nitrogen and oxygen atoms in total. The van der Waals surface area contributed by atoms with Gasteiger partial charge in [0.05, 0.1) is 36.7 Å². The van der Waals surface area contributed by atoms with Crippen LogP contribution in [0.5, 0.6) is 11.5 Å². The van der Waals surface area contributed by atoms with Crippen LogP contribution in [0.1, 0.15) is 22.8 Å². The molecule has 1 N–H and O–H groups in total. The van der Waals surface area contributed by atoms with E-state index in [4.69, 9.17) is 14.5 Å². The summed E-state index contributed by atoms with van der Waals surface area (Å²) in [4.78, 5) is 18.1. The number of aromatic nitrogens is 1. The normalized spacial score (nSPS) is 10.7. The predicted octanol–water partition coefficient (Wildman–Crippen LogP) is 5.73. The average molecular weight is 412 g/mol. The molecule has 0 saturated heterocycles. The van der Waals surface area contributed by atoms with Crippen LogP contribution in [0.3, 0.4) is 0 Å². The first-order valence-electron chi connectivity index (χ1n) is 10.2. The first-order chi connectivity index (χ1) is 15.1. The first kappa shape index (κ1) is 20.4. The van der Waals surface area contributed by atoms with Gasteiger partial charge >= 0.3 is 0 Å². The molecule has 4 aromatic rings. The molecule has 156 valence electrons. The molecule has 0 radical (unpaired) electrons. The van der Waals surface area contributed by atoms with Crippen LogP contribution in [-0.4, -0.2) is 25.1 Å². The molecule has 0 aliphatic rings. The molecule has 0 atom stereocenters. The minimum Gasteiger partial charge on any atom is -0.497 e. The topological polar surface area (TPSA) is 60.5 Å². The number of benzene rings is 3. The Bertz CT molecular complexity index is 1230. The number of anilines is 1. The Morgan fingerprint density at radius 2 is 1.71 bits per heavy atom. The van der Waals surface area contributed by atoms with Crippen LogP contribution < -0.4 is 14.8 Å². The first-order valence-corrected chi connectivity index (χ1v) is 10.2. The van der Waals surface area contributed by atoms with Gasteiger partial charge in [0, 0.05) is 17.0 Å². The lowest BCUT2D eigenvalue weighted by Crippen LogP contribution is -2.14. The van der Waals surface area contributed by atoms with Gasteiger partial charge in [-0.2, -0.15) is 0 Å². The van der Waals surface area contributed by atoms with Crippen molar-refractivity contribution in [3.8, 4) is 22.8 Å². The van der Waals surface area contributed by atoms with Crippen molar-refractivity contribution in [2.45, 2.75) is 13.3 Å². The third kappa shape index (κ3) is 4.21. The number of fused-ring (bicyclic) bond motifs is 1. The molecule has 1 amide bonds. The zero-order chi connectivity index (χ0) is 21.8. The van der Waals surface area contributed by atoms with Crippen molar-refractivity contribution in [1.82, 2.24) is 4.98 Å². The van der Waals surface area contributed by atoms with Gasteiger partial charge < -0.3 is 14.8 Å². The number of ether oxygens (including phenoxy) is 2. The Hall–Kier alpha value is -3.86. The van der Waals surface area contributed by atoms with Gasteiger partial charge in [0.15, 0.2) is 0 Å². The fraction of sp³-hybridized carbons (Fsp3) is 0.154. The molecule has 3 aromatic carbocycles. The molecule has 0 saturated carbocycles. The van der Waals surface area contributed by atoms with E-state index in [-0.39, 0.29) is 5.91 Å². The fourth-order valence-corrected chi connectivity index (χ4v) is 3.51. The summed E-state index contributed by atoms with van der Waals surface area (Å²) < 4.78 is 10.7. The van der Waals surface area contributed by atoms with Crippen LogP contribution in [0.4, 0.5) is 5.69 Å². The molecule has 0 spiro atoms. The quantitative estimate of drug-likeness (QED) is 0.439. The highest BCUT2D eigenvalue weighted by molar-refractivity contribution is 6.13. The summed E-state index contributed by atoms with van der Waals surface area (Å²) in [6, 6.07) is 23.1. The Balaban J connectivity index is 1.76. The Morgan fingerprint density at radius 3 is 2.42 bits per heavy atom. The number of nitrogens with one attached hydrogen (secondary N) is 1. The summed E-state index contributed by atoms with van der Waals surface area (Å²) in [5.41, 5.74) is 4.88. The maximum atomic E-state index is 13.3. The van der Waals surface area contributed by atoms with Gasteiger partial charge in [-0.3, -0.25) is 4.79 Å². The summed E-state index contributed by atoms with van der Waals surface area (Å²) in [6.45, 7) is 2.12. The second-order valence-electron chi connectivity index (χ2n) is 7.14. The van der Waals surface area contributed by atoms with Crippen molar-refractivity contribution < 1.29 is 14.3 Å². The highest BCUT2D eigenvalue weighted by Gasteiger charge is 2.16. The number of nitrogens with zero attached hydrogens (tertiary/aromatic N) is 1. The van der Waals surface area contributed by atoms with E-state index in [2.05, 4.69) is 24.4 Å². The van der Waals surface area contributed by atoms with E-state index in [9.17, 15) is 4.79 Å². The lowest BCUT2D eigenvalue weighted by molar-refractivity contribution is 0.102. The van der Waals surface area contributed by atoms with Gasteiger partial charge in [-0.25, -0.2) is 4.98 Å². The zero-order valence-corrected chi connectivity index (χ0v) is 17.8. The van der Waals surface area contributed by atoms with Crippen molar-refractivity contribution in [2.24, 2.45) is 0 Å². The third-order valence-corrected chi connectivity index (χ3v) is 5.28. The number of para-hydroxylation sites is 1. The Kier molecular flexibility index (Phi) is 5.85. The largest absolute Gasteiger partial charge is 0.497 e. The van der Waals surface area contributed by atoms with Crippen LogP contribution in [-0.2, 0) is 6.42 Å². The number of rotatable bonds is 6. The smallest absolute Gasteiger partial charge is 0.256 e. The van der Waals surface area contributed by atoms with Gasteiger partial charge in [0.2, 0.25) is 0 Å². The third-order valence-electron chi connectivity index (χ3n) is 5.28. The minimum atomic E-state index is -0.228. The number of carbonyl (C=O) groups is 1. The summed E-state index contributed by atoms with van der Waals surface area (Å²) in [7, 11) is 3.15. The van der Waals surface area contributed by atoms with Gasteiger partial charge in [0.25, 0.3) is 5.91 Å². The van der Waals surface area contributed by atoms with E-state index in [1.54, 1.807) is 32.4 Å². The van der Waals surface area contributed by atoms with Crippen molar-refractivity contribution in [3.05, 3.63) is 83.9 Å².